The molecule has 0 aliphatic carbocycles. The third kappa shape index (κ3) is 5.99. The number of hydrogen-bond acceptors (Lipinski definition) is 3. The molecule has 0 spiro atoms. The maximum atomic E-state index is 12.2. The molecule has 28 heavy (non-hydrogen) atoms. The van der Waals surface area contributed by atoms with Gasteiger partial charge in [0.1, 0.15) is 6.54 Å². The molecule has 2 aromatic carbocycles. The van der Waals surface area contributed by atoms with Gasteiger partial charge in [-0.1, -0.05) is 24.3 Å². The quantitative estimate of drug-likeness (QED) is 0.766. The van der Waals surface area contributed by atoms with Crippen molar-refractivity contribution in [2.45, 2.75) is 13.1 Å². The molecule has 0 fully saturated rings. The molecule has 0 atom stereocenters. The summed E-state index contributed by atoms with van der Waals surface area (Å²) in [7, 11) is 0. The van der Waals surface area contributed by atoms with Crippen molar-refractivity contribution in [3.8, 4) is 6.07 Å². The number of nitrogens with zero attached hydrogens (tertiary/aromatic N) is 1. The first-order chi connectivity index (χ1) is 13.2. The van der Waals surface area contributed by atoms with E-state index in [1.54, 1.807) is 36.5 Å². The van der Waals surface area contributed by atoms with Gasteiger partial charge in [-0.3, -0.25) is 9.59 Å². The fourth-order valence-corrected chi connectivity index (χ4v) is 2.26. The molecular weight excluding hydrogens is 371 g/mol. The molecule has 0 heterocycles. The number of anilines is 1. The van der Waals surface area contributed by atoms with Crippen LogP contribution in [0.25, 0.3) is 6.08 Å². The number of aryl methyl sites for hydroxylation is 1. The van der Waals surface area contributed by atoms with Gasteiger partial charge in [0, 0.05) is 17.3 Å². The van der Waals surface area contributed by atoms with Gasteiger partial charge in [0.25, 0.3) is 5.91 Å². The van der Waals surface area contributed by atoms with Crippen LogP contribution >= 0.6 is 0 Å². The van der Waals surface area contributed by atoms with Crippen LogP contribution in [0, 0.1) is 18.3 Å². The number of hydrogen-bond donors (Lipinski definition) is 2. The Bertz CT molecular complexity index is 960. The van der Waals surface area contributed by atoms with Crippen molar-refractivity contribution >= 4 is 23.6 Å². The largest absolute Gasteiger partial charge is 0.405 e. The first-order valence-corrected chi connectivity index (χ1v) is 8.13. The zero-order valence-electron chi connectivity index (χ0n) is 14.8. The normalized spacial score (nSPS) is 11.1. The number of alkyl halides is 3. The topological polar surface area (TPSA) is 82.0 Å². The summed E-state index contributed by atoms with van der Waals surface area (Å²) >= 11 is 0. The summed E-state index contributed by atoms with van der Waals surface area (Å²) < 4.78 is 36.7. The zero-order valence-corrected chi connectivity index (χ0v) is 14.8. The summed E-state index contributed by atoms with van der Waals surface area (Å²) in [5.41, 5.74) is 1.89. The van der Waals surface area contributed by atoms with Crippen LogP contribution in [0.15, 0.2) is 48.5 Å². The maximum absolute atomic E-state index is 12.2. The Kier molecular flexibility index (Phi) is 6.55. The van der Waals surface area contributed by atoms with E-state index in [4.69, 9.17) is 5.26 Å². The highest BCUT2D eigenvalue weighted by molar-refractivity contribution is 6.03. The lowest BCUT2D eigenvalue weighted by atomic mass is 10.1. The van der Waals surface area contributed by atoms with Crippen molar-refractivity contribution in [3.05, 3.63) is 70.8 Å². The number of nitriles is 1. The van der Waals surface area contributed by atoms with Crippen LogP contribution in [0.2, 0.25) is 0 Å². The Labute approximate surface area is 159 Å². The van der Waals surface area contributed by atoms with Gasteiger partial charge in [-0.2, -0.15) is 18.4 Å². The number of rotatable bonds is 5. The summed E-state index contributed by atoms with van der Waals surface area (Å²) in [6, 6.07) is 12.9. The fourth-order valence-electron chi connectivity index (χ4n) is 2.26. The lowest BCUT2D eigenvalue weighted by Gasteiger charge is -2.11. The number of nitrogens with one attached hydrogen (secondary N) is 2. The van der Waals surface area contributed by atoms with Crippen molar-refractivity contribution in [3.63, 3.8) is 0 Å². The summed E-state index contributed by atoms with van der Waals surface area (Å²) in [5.74, 6) is -1.41. The van der Waals surface area contributed by atoms with Gasteiger partial charge in [-0.25, -0.2) is 0 Å². The van der Waals surface area contributed by atoms with Crippen molar-refractivity contribution in [2.24, 2.45) is 0 Å². The van der Waals surface area contributed by atoms with E-state index < -0.39 is 24.5 Å². The van der Waals surface area contributed by atoms with E-state index in [1.807, 2.05) is 6.07 Å². The highest BCUT2D eigenvalue weighted by Crippen LogP contribution is 2.18. The van der Waals surface area contributed by atoms with E-state index in [1.165, 1.54) is 30.4 Å². The van der Waals surface area contributed by atoms with Crippen molar-refractivity contribution < 1.29 is 22.8 Å². The predicted molar refractivity (Wildman–Crippen MR) is 98.4 cm³/mol. The van der Waals surface area contributed by atoms with Crippen LogP contribution in [0.1, 0.15) is 27.0 Å². The Morgan fingerprint density at radius 1 is 1.18 bits per heavy atom. The molecular formula is C20H16F3N3O2. The van der Waals surface area contributed by atoms with Crippen molar-refractivity contribution in [1.82, 2.24) is 5.32 Å². The van der Waals surface area contributed by atoms with Gasteiger partial charge >= 0.3 is 6.18 Å². The number of carbonyl (C=O) groups is 2. The average Bonchev–Trinajstić information content (AvgIpc) is 2.65. The number of benzene rings is 2. The molecule has 0 radical (unpaired) electrons. The highest BCUT2D eigenvalue weighted by Gasteiger charge is 2.28. The van der Waals surface area contributed by atoms with E-state index in [2.05, 4.69) is 5.32 Å². The molecule has 0 saturated carbocycles. The van der Waals surface area contributed by atoms with Crippen LogP contribution in [0.5, 0.6) is 0 Å². The van der Waals surface area contributed by atoms with Crippen LogP contribution in [0.3, 0.4) is 0 Å². The molecule has 0 unspecified atom stereocenters. The minimum atomic E-state index is -4.51. The first kappa shape index (κ1) is 20.7. The number of amides is 2. The van der Waals surface area contributed by atoms with Crippen LogP contribution < -0.4 is 10.6 Å². The second-order valence-corrected chi connectivity index (χ2v) is 5.85. The van der Waals surface area contributed by atoms with Gasteiger partial charge < -0.3 is 10.6 Å². The lowest BCUT2D eigenvalue weighted by Crippen LogP contribution is -2.33. The molecule has 2 rings (SSSR count). The molecule has 2 N–H and O–H groups in total. The van der Waals surface area contributed by atoms with E-state index >= 15 is 0 Å². The van der Waals surface area contributed by atoms with Gasteiger partial charge in [-0.15, -0.1) is 0 Å². The van der Waals surface area contributed by atoms with E-state index in [0.717, 1.165) is 0 Å². The van der Waals surface area contributed by atoms with Gasteiger partial charge in [-0.05, 0) is 42.3 Å². The van der Waals surface area contributed by atoms with Crippen LogP contribution in [-0.2, 0) is 4.79 Å². The third-order valence-corrected chi connectivity index (χ3v) is 3.70. The molecule has 8 heteroatoms. The van der Waals surface area contributed by atoms with Crippen LogP contribution in [-0.4, -0.2) is 24.5 Å². The predicted octanol–water partition coefficient (Wildman–Crippen LogP) is 3.81. The molecule has 0 bridgehead atoms. The van der Waals surface area contributed by atoms with Gasteiger partial charge in [0.05, 0.1) is 11.6 Å². The van der Waals surface area contributed by atoms with Crippen molar-refractivity contribution in [2.75, 3.05) is 11.9 Å². The maximum Gasteiger partial charge on any atom is 0.405 e. The standard InChI is InChI=1S/C20H16F3N3O2/c1-13-6-7-15(19(28)25-12-20(21,22)23)10-17(13)26-18(27)9-8-14-4-2-3-5-16(14)11-24/h2-10H,12H2,1H3,(H,25,28)(H,26,27)/b9-8+. The summed E-state index contributed by atoms with van der Waals surface area (Å²) in [6.07, 6.45) is -1.81. The fraction of sp³-hybridized carbons (Fsp3) is 0.150. The SMILES string of the molecule is Cc1ccc(C(=O)NCC(F)(F)F)cc1NC(=O)/C=C/c1ccccc1C#N. The van der Waals surface area contributed by atoms with E-state index in [-0.39, 0.29) is 5.56 Å². The van der Waals surface area contributed by atoms with Gasteiger partial charge in [0.2, 0.25) is 5.91 Å². The molecule has 2 amide bonds. The van der Waals surface area contributed by atoms with Gasteiger partial charge in [0.15, 0.2) is 0 Å². The zero-order chi connectivity index (χ0) is 20.7. The average molecular weight is 387 g/mol. The Hall–Kier alpha value is -3.60. The summed E-state index contributed by atoms with van der Waals surface area (Å²) in [6.45, 7) is 0.240. The Morgan fingerprint density at radius 2 is 1.89 bits per heavy atom. The van der Waals surface area contributed by atoms with Crippen molar-refractivity contribution in [1.29, 1.82) is 5.26 Å². The molecule has 5 nitrogen and oxygen atoms in total. The molecule has 0 saturated heterocycles. The minimum Gasteiger partial charge on any atom is -0.343 e. The second-order valence-electron chi connectivity index (χ2n) is 5.85. The Morgan fingerprint density at radius 3 is 2.57 bits per heavy atom. The first-order valence-electron chi connectivity index (χ1n) is 8.13. The molecule has 2 aromatic rings. The molecule has 0 aliphatic rings. The molecule has 144 valence electrons. The van der Waals surface area contributed by atoms with Crippen LogP contribution in [0.4, 0.5) is 18.9 Å². The minimum absolute atomic E-state index is 0.0102. The third-order valence-electron chi connectivity index (χ3n) is 3.70. The smallest absolute Gasteiger partial charge is 0.343 e. The highest BCUT2D eigenvalue weighted by atomic mass is 19.4. The van der Waals surface area contributed by atoms with E-state index in [0.29, 0.717) is 22.4 Å². The van der Waals surface area contributed by atoms with E-state index in [9.17, 15) is 22.8 Å². The lowest BCUT2D eigenvalue weighted by molar-refractivity contribution is -0.123. The molecule has 0 aliphatic heterocycles. The summed E-state index contributed by atoms with van der Waals surface area (Å²) in [4.78, 5) is 24.0. The molecule has 0 aromatic heterocycles. The number of carbonyl (C=O) groups excluding carboxylic acids is 2. The second kappa shape index (κ2) is 8.86. The Balaban J connectivity index is 2.11. The monoisotopic (exact) mass is 387 g/mol. The number of halogens is 3. The summed E-state index contributed by atoms with van der Waals surface area (Å²) in [5, 5.41) is 13.4.